The molecular formula is C17H20ClN3OS. The molecule has 1 amide bonds. The molecule has 0 radical (unpaired) electrons. The molecule has 0 N–H and O–H groups in total. The number of benzene rings is 1. The van der Waals surface area contributed by atoms with E-state index in [1.165, 1.54) is 11.8 Å². The monoisotopic (exact) mass is 349 g/mol. The molecule has 23 heavy (non-hydrogen) atoms. The van der Waals surface area contributed by atoms with Crippen molar-refractivity contribution in [2.24, 2.45) is 0 Å². The molecule has 6 heteroatoms. The van der Waals surface area contributed by atoms with Crippen molar-refractivity contribution in [3.8, 4) is 0 Å². The van der Waals surface area contributed by atoms with E-state index in [0.29, 0.717) is 22.3 Å². The summed E-state index contributed by atoms with van der Waals surface area (Å²) in [6.07, 6.45) is 1.68. The van der Waals surface area contributed by atoms with E-state index in [-0.39, 0.29) is 5.91 Å². The van der Waals surface area contributed by atoms with E-state index in [4.69, 9.17) is 11.6 Å². The Morgan fingerprint density at radius 3 is 2.48 bits per heavy atom. The lowest BCUT2D eigenvalue weighted by molar-refractivity contribution is -0.127. The highest BCUT2D eigenvalue weighted by molar-refractivity contribution is 8.00. The van der Waals surface area contributed by atoms with E-state index in [0.717, 1.165) is 11.3 Å². The molecule has 2 rings (SSSR count). The van der Waals surface area contributed by atoms with Crippen molar-refractivity contribution in [3.63, 3.8) is 0 Å². The third-order valence-electron chi connectivity index (χ3n) is 3.36. The molecule has 0 aliphatic heterocycles. The summed E-state index contributed by atoms with van der Waals surface area (Å²) in [4.78, 5) is 20.2. The van der Waals surface area contributed by atoms with Gasteiger partial charge in [-0.2, -0.15) is 0 Å². The minimum atomic E-state index is 0.0494. The van der Waals surface area contributed by atoms with Crippen molar-refractivity contribution in [1.29, 1.82) is 0 Å². The summed E-state index contributed by atoms with van der Waals surface area (Å²) in [7, 11) is 5.82. The van der Waals surface area contributed by atoms with Gasteiger partial charge in [0, 0.05) is 39.6 Å². The lowest BCUT2D eigenvalue weighted by atomic mass is 10.2. The first-order valence-corrected chi connectivity index (χ1v) is 8.57. The van der Waals surface area contributed by atoms with Crippen LogP contribution in [0.4, 0.5) is 5.69 Å². The number of carbonyl (C=O) groups excluding carboxylic acids is 1. The Hall–Kier alpha value is -1.72. The number of rotatable bonds is 6. The summed E-state index contributed by atoms with van der Waals surface area (Å²) in [6, 6.07) is 11.7. The molecule has 0 unspecified atom stereocenters. The Morgan fingerprint density at radius 1 is 1.17 bits per heavy atom. The highest BCUT2D eigenvalue weighted by Gasteiger charge is 2.12. The van der Waals surface area contributed by atoms with Crippen LogP contribution in [0.1, 0.15) is 5.56 Å². The SMILES string of the molecule is CN(Cc1ccc(N(C)C)cc1)C(=O)CSc1ncccc1Cl. The molecule has 0 saturated carbocycles. The third-order valence-corrected chi connectivity index (χ3v) is 4.76. The van der Waals surface area contributed by atoms with E-state index in [9.17, 15) is 4.79 Å². The van der Waals surface area contributed by atoms with Crippen LogP contribution in [0, 0.1) is 0 Å². The zero-order chi connectivity index (χ0) is 16.8. The van der Waals surface area contributed by atoms with Gasteiger partial charge in [0.15, 0.2) is 0 Å². The van der Waals surface area contributed by atoms with Crippen molar-refractivity contribution < 1.29 is 4.79 Å². The molecule has 4 nitrogen and oxygen atoms in total. The second kappa shape index (κ2) is 8.22. The molecule has 0 saturated heterocycles. The van der Waals surface area contributed by atoms with Gasteiger partial charge in [-0.3, -0.25) is 4.79 Å². The lowest BCUT2D eigenvalue weighted by Gasteiger charge is -2.18. The summed E-state index contributed by atoms with van der Waals surface area (Å²) in [5.74, 6) is 0.372. The maximum Gasteiger partial charge on any atom is 0.233 e. The Labute approximate surface area is 146 Å². The Kier molecular flexibility index (Phi) is 6.30. The number of aromatic nitrogens is 1. The van der Waals surface area contributed by atoms with Crippen LogP contribution in [0.15, 0.2) is 47.6 Å². The Balaban J connectivity index is 1.88. The molecule has 0 fully saturated rings. The topological polar surface area (TPSA) is 36.4 Å². The number of hydrogen-bond donors (Lipinski definition) is 0. The van der Waals surface area contributed by atoms with Crippen LogP contribution in [0.3, 0.4) is 0 Å². The average Bonchev–Trinajstić information content (AvgIpc) is 2.54. The number of anilines is 1. The van der Waals surface area contributed by atoms with Gasteiger partial charge in [-0.05, 0) is 29.8 Å². The van der Waals surface area contributed by atoms with Gasteiger partial charge in [0.05, 0.1) is 10.8 Å². The predicted octanol–water partition coefficient (Wildman–Crippen LogP) is 3.55. The van der Waals surface area contributed by atoms with E-state index in [2.05, 4.69) is 17.1 Å². The van der Waals surface area contributed by atoms with Gasteiger partial charge in [-0.15, -0.1) is 0 Å². The predicted molar refractivity (Wildman–Crippen MR) is 97.2 cm³/mol. The van der Waals surface area contributed by atoms with Gasteiger partial charge in [0.25, 0.3) is 0 Å². The molecule has 1 aromatic heterocycles. The van der Waals surface area contributed by atoms with Gasteiger partial charge in [-0.1, -0.05) is 35.5 Å². The normalized spacial score (nSPS) is 10.4. The Morgan fingerprint density at radius 2 is 1.87 bits per heavy atom. The third kappa shape index (κ3) is 5.15. The zero-order valence-corrected chi connectivity index (χ0v) is 15.1. The number of pyridine rings is 1. The first-order valence-electron chi connectivity index (χ1n) is 7.21. The largest absolute Gasteiger partial charge is 0.378 e. The van der Waals surface area contributed by atoms with Crippen molar-refractivity contribution in [2.45, 2.75) is 11.6 Å². The fourth-order valence-electron chi connectivity index (χ4n) is 1.98. The van der Waals surface area contributed by atoms with Crippen LogP contribution >= 0.6 is 23.4 Å². The second-order valence-electron chi connectivity index (χ2n) is 5.39. The van der Waals surface area contributed by atoms with Gasteiger partial charge in [0.2, 0.25) is 5.91 Å². The van der Waals surface area contributed by atoms with E-state index in [1.54, 1.807) is 23.2 Å². The van der Waals surface area contributed by atoms with Crippen LogP contribution in [0.5, 0.6) is 0 Å². The molecule has 0 bridgehead atoms. The number of carbonyl (C=O) groups is 1. The van der Waals surface area contributed by atoms with E-state index in [1.807, 2.05) is 38.2 Å². The van der Waals surface area contributed by atoms with Gasteiger partial charge in [-0.25, -0.2) is 4.98 Å². The number of hydrogen-bond acceptors (Lipinski definition) is 4. The minimum absolute atomic E-state index is 0.0494. The first-order chi connectivity index (χ1) is 11.0. The zero-order valence-electron chi connectivity index (χ0n) is 13.5. The number of amides is 1. The van der Waals surface area contributed by atoms with Gasteiger partial charge in [0.1, 0.15) is 5.03 Å². The number of thioether (sulfide) groups is 1. The van der Waals surface area contributed by atoms with Crippen LogP contribution in [-0.4, -0.2) is 42.7 Å². The number of halogens is 1. The molecule has 0 atom stereocenters. The standard InChI is InChI=1S/C17H20ClN3OS/c1-20(2)14-8-6-13(7-9-14)11-21(3)16(22)12-23-17-15(18)5-4-10-19-17/h4-10H,11-12H2,1-3H3. The molecule has 0 spiro atoms. The smallest absolute Gasteiger partial charge is 0.233 e. The fraction of sp³-hybridized carbons (Fsp3) is 0.294. The van der Waals surface area contributed by atoms with Crippen molar-refractivity contribution in [1.82, 2.24) is 9.88 Å². The maximum atomic E-state index is 12.2. The molecule has 1 aromatic carbocycles. The molecule has 1 heterocycles. The van der Waals surface area contributed by atoms with Gasteiger partial charge >= 0.3 is 0 Å². The van der Waals surface area contributed by atoms with Gasteiger partial charge < -0.3 is 9.80 Å². The molecule has 2 aromatic rings. The maximum absolute atomic E-state index is 12.2. The highest BCUT2D eigenvalue weighted by Crippen LogP contribution is 2.24. The summed E-state index contributed by atoms with van der Waals surface area (Å²) >= 11 is 7.40. The molecule has 0 aliphatic carbocycles. The second-order valence-corrected chi connectivity index (χ2v) is 6.76. The summed E-state index contributed by atoms with van der Waals surface area (Å²) in [5.41, 5.74) is 2.25. The quantitative estimate of drug-likeness (QED) is 0.747. The van der Waals surface area contributed by atoms with Crippen LogP contribution in [-0.2, 0) is 11.3 Å². The molecule has 122 valence electrons. The summed E-state index contributed by atoms with van der Waals surface area (Å²) < 4.78 is 0. The Bertz CT molecular complexity index is 661. The molecule has 0 aliphatic rings. The highest BCUT2D eigenvalue weighted by atomic mass is 35.5. The van der Waals surface area contributed by atoms with Crippen molar-refractivity contribution in [2.75, 3.05) is 31.8 Å². The van der Waals surface area contributed by atoms with Crippen molar-refractivity contribution in [3.05, 3.63) is 53.2 Å². The van der Waals surface area contributed by atoms with E-state index >= 15 is 0 Å². The fourth-order valence-corrected chi connectivity index (χ4v) is 3.09. The first kappa shape index (κ1) is 17.6. The van der Waals surface area contributed by atoms with E-state index < -0.39 is 0 Å². The lowest BCUT2D eigenvalue weighted by Crippen LogP contribution is -2.27. The summed E-state index contributed by atoms with van der Waals surface area (Å²) in [5, 5.41) is 1.26. The number of nitrogens with zero attached hydrogens (tertiary/aromatic N) is 3. The average molecular weight is 350 g/mol. The van der Waals surface area contributed by atoms with Crippen molar-refractivity contribution >= 4 is 35.0 Å². The minimum Gasteiger partial charge on any atom is -0.378 e. The molecular weight excluding hydrogens is 330 g/mol. The summed E-state index contributed by atoms with van der Waals surface area (Å²) in [6.45, 7) is 0.586. The van der Waals surface area contributed by atoms with Crippen LogP contribution in [0.2, 0.25) is 5.02 Å². The van der Waals surface area contributed by atoms with Crippen LogP contribution < -0.4 is 4.90 Å². The van der Waals surface area contributed by atoms with Crippen LogP contribution in [0.25, 0.3) is 0 Å².